The quantitative estimate of drug-likeness (QED) is 0.594. The van der Waals surface area contributed by atoms with Crippen molar-refractivity contribution in [1.82, 2.24) is 0 Å². The first kappa shape index (κ1) is 9.29. The highest BCUT2D eigenvalue weighted by atomic mass is 19.3. The lowest BCUT2D eigenvalue weighted by Crippen LogP contribution is -2.08. The van der Waals surface area contributed by atoms with E-state index in [9.17, 15) is 13.6 Å². The molecule has 0 rings (SSSR count). The number of rotatable bonds is 5. The van der Waals surface area contributed by atoms with Gasteiger partial charge in [-0.25, -0.2) is 8.78 Å². The third kappa shape index (κ3) is 7.29. The van der Waals surface area contributed by atoms with Gasteiger partial charge in [-0.1, -0.05) is 0 Å². The molecule has 0 heterocycles. The normalized spacial score (nSPS) is 10.3. The summed E-state index contributed by atoms with van der Waals surface area (Å²) in [7, 11) is 0. The lowest BCUT2D eigenvalue weighted by molar-refractivity contribution is -0.138. The van der Waals surface area contributed by atoms with E-state index in [1.165, 1.54) is 0 Å². The van der Waals surface area contributed by atoms with E-state index in [4.69, 9.17) is 5.11 Å². The molecule has 0 bridgehead atoms. The van der Waals surface area contributed by atoms with Crippen LogP contribution in [0, 0.1) is 0 Å². The zero-order chi connectivity index (χ0) is 7.98. The Hall–Kier alpha value is -0.710. The number of aliphatic carboxylic acids is 1. The number of carboxylic acids is 1. The molecule has 0 saturated heterocycles. The van der Waals surface area contributed by atoms with Crippen molar-refractivity contribution in [3.05, 3.63) is 0 Å². The molecule has 5 heteroatoms. The van der Waals surface area contributed by atoms with Gasteiger partial charge in [0.25, 0.3) is 6.43 Å². The van der Waals surface area contributed by atoms with Crippen molar-refractivity contribution in [2.45, 2.75) is 12.8 Å². The predicted molar refractivity (Wildman–Crippen MR) is 29.1 cm³/mol. The Balaban J connectivity index is 2.98. The molecule has 0 unspecified atom stereocenters. The minimum Gasteiger partial charge on any atom is -0.481 e. The highest BCUT2D eigenvalue weighted by Gasteiger charge is 2.02. The first-order valence-electron chi connectivity index (χ1n) is 2.70. The van der Waals surface area contributed by atoms with Crippen LogP contribution in [0.4, 0.5) is 8.78 Å². The minimum atomic E-state index is -2.52. The van der Waals surface area contributed by atoms with Crippen LogP contribution in [-0.4, -0.2) is 30.7 Å². The van der Waals surface area contributed by atoms with Crippen molar-refractivity contribution >= 4 is 5.97 Å². The molecule has 0 spiro atoms. The molecule has 3 nitrogen and oxygen atoms in total. The van der Waals surface area contributed by atoms with E-state index in [1.807, 2.05) is 0 Å². The van der Waals surface area contributed by atoms with Crippen LogP contribution in [-0.2, 0) is 9.53 Å². The zero-order valence-corrected chi connectivity index (χ0v) is 5.22. The van der Waals surface area contributed by atoms with Gasteiger partial charge in [0.05, 0.1) is 13.0 Å². The second-order valence-electron chi connectivity index (χ2n) is 1.61. The van der Waals surface area contributed by atoms with E-state index in [0.29, 0.717) is 0 Å². The van der Waals surface area contributed by atoms with Crippen LogP contribution in [0.15, 0.2) is 0 Å². The van der Waals surface area contributed by atoms with Gasteiger partial charge < -0.3 is 9.84 Å². The lowest BCUT2D eigenvalue weighted by atomic mass is 10.5. The van der Waals surface area contributed by atoms with Crippen molar-refractivity contribution in [2.75, 3.05) is 13.2 Å². The third-order valence-electron chi connectivity index (χ3n) is 0.704. The van der Waals surface area contributed by atoms with Crippen LogP contribution >= 0.6 is 0 Å². The predicted octanol–water partition coefficient (Wildman–Crippen LogP) is 0.743. The summed E-state index contributed by atoms with van der Waals surface area (Å²) in [6.07, 6.45) is -2.75. The second-order valence-corrected chi connectivity index (χ2v) is 1.61. The molecule has 0 aromatic rings. The average molecular weight is 154 g/mol. The van der Waals surface area contributed by atoms with Gasteiger partial charge in [0.15, 0.2) is 0 Å². The van der Waals surface area contributed by atoms with E-state index in [1.54, 1.807) is 0 Å². The maximum Gasteiger partial charge on any atom is 0.305 e. The van der Waals surface area contributed by atoms with Gasteiger partial charge in [-0.2, -0.15) is 0 Å². The van der Waals surface area contributed by atoms with Gasteiger partial charge in [-0.3, -0.25) is 4.79 Å². The van der Waals surface area contributed by atoms with Crippen LogP contribution in [0.25, 0.3) is 0 Å². The summed E-state index contributed by atoms with van der Waals surface area (Å²) in [4.78, 5) is 9.78. The van der Waals surface area contributed by atoms with E-state index < -0.39 is 19.0 Å². The van der Waals surface area contributed by atoms with Gasteiger partial charge in [0, 0.05) is 0 Å². The average Bonchev–Trinajstić information content (AvgIpc) is 1.79. The molecular formula is C5H8F2O3. The fourth-order valence-corrected chi connectivity index (χ4v) is 0.332. The Kier molecular flexibility index (Phi) is 4.74. The van der Waals surface area contributed by atoms with E-state index in [2.05, 4.69) is 4.74 Å². The standard InChI is InChI=1S/C5H8F2O3/c6-4(7)3-10-2-1-5(8)9/h4H,1-3H2,(H,8,9). The Morgan fingerprint density at radius 3 is 2.60 bits per heavy atom. The molecule has 0 amide bonds. The van der Waals surface area contributed by atoms with Crippen molar-refractivity contribution in [1.29, 1.82) is 0 Å². The maximum atomic E-state index is 11.3. The SMILES string of the molecule is O=C(O)CCOCC(F)F. The Bertz CT molecular complexity index is 105. The Morgan fingerprint density at radius 1 is 1.60 bits per heavy atom. The van der Waals surface area contributed by atoms with Gasteiger partial charge in [-0.15, -0.1) is 0 Å². The van der Waals surface area contributed by atoms with E-state index >= 15 is 0 Å². The van der Waals surface area contributed by atoms with Gasteiger partial charge in [-0.05, 0) is 0 Å². The summed E-state index contributed by atoms with van der Waals surface area (Å²) in [5.74, 6) is -1.05. The summed E-state index contributed by atoms with van der Waals surface area (Å²) >= 11 is 0. The zero-order valence-electron chi connectivity index (χ0n) is 5.22. The number of halogens is 2. The molecule has 0 saturated carbocycles. The fraction of sp³-hybridized carbons (Fsp3) is 0.800. The number of carboxylic acid groups (broad SMARTS) is 1. The van der Waals surface area contributed by atoms with Gasteiger partial charge >= 0.3 is 5.97 Å². The van der Waals surface area contributed by atoms with Crippen LogP contribution in [0.2, 0.25) is 0 Å². The number of ether oxygens (including phenoxy) is 1. The van der Waals surface area contributed by atoms with E-state index in [0.717, 1.165) is 0 Å². The highest BCUT2D eigenvalue weighted by molar-refractivity contribution is 5.66. The third-order valence-corrected chi connectivity index (χ3v) is 0.704. The lowest BCUT2D eigenvalue weighted by Gasteiger charge is -1.99. The Morgan fingerprint density at radius 2 is 2.20 bits per heavy atom. The molecule has 0 aromatic carbocycles. The van der Waals surface area contributed by atoms with Crippen LogP contribution < -0.4 is 0 Å². The molecule has 0 aliphatic heterocycles. The molecule has 0 fully saturated rings. The first-order valence-corrected chi connectivity index (χ1v) is 2.70. The summed E-state index contributed by atoms with van der Waals surface area (Å²) < 4.78 is 26.8. The summed E-state index contributed by atoms with van der Waals surface area (Å²) in [5.41, 5.74) is 0. The summed E-state index contributed by atoms with van der Waals surface area (Å²) in [6.45, 7) is -0.840. The number of carbonyl (C=O) groups is 1. The molecular weight excluding hydrogens is 146 g/mol. The molecule has 0 atom stereocenters. The molecule has 10 heavy (non-hydrogen) atoms. The minimum absolute atomic E-state index is 0.153. The van der Waals surface area contributed by atoms with Crippen molar-refractivity contribution in [2.24, 2.45) is 0 Å². The largest absolute Gasteiger partial charge is 0.481 e. The topological polar surface area (TPSA) is 46.5 Å². The van der Waals surface area contributed by atoms with Crippen molar-refractivity contribution in [3.8, 4) is 0 Å². The smallest absolute Gasteiger partial charge is 0.305 e. The fourth-order valence-electron chi connectivity index (χ4n) is 0.332. The summed E-state index contributed by atoms with van der Waals surface area (Å²) in [5, 5.41) is 8.01. The molecule has 0 radical (unpaired) electrons. The highest BCUT2D eigenvalue weighted by Crippen LogP contribution is 1.92. The molecule has 1 N–H and O–H groups in total. The molecule has 60 valence electrons. The van der Waals surface area contributed by atoms with E-state index in [-0.39, 0.29) is 13.0 Å². The van der Waals surface area contributed by atoms with Crippen molar-refractivity contribution < 1.29 is 23.4 Å². The van der Waals surface area contributed by atoms with Gasteiger partial charge in [0.2, 0.25) is 0 Å². The molecule has 0 aliphatic carbocycles. The molecule has 0 aliphatic rings. The Labute approximate surface area is 56.6 Å². The number of alkyl halides is 2. The molecule has 0 aromatic heterocycles. The van der Waals surface area contributed by atoms with Crippen LogP contribution in [0.5, 0.6) is 0 Å². The number of hydrogen-bond donors (Lipinski definition) is 1. The van der Waals surface area contributed by atoms with Crippen LogP contribution in [0.3, 0.4) is 0 Å². The first-order chi connectivity index (χ1) is 4.63. The van der Waals surface area contributed by atoms with Crippen molar-refractivity contribution in [3.63, 3.8) is 0 Å². The monoisotopic (exact) mass is 154 g/mol. The maximum absolute atomic E-state index is 11.3. The van der Waals surface area contributed by atoms with Crippen LogP contribution in [0.1, 0.15) is 6.42 Å². The number of hydrogen-bond acceptors (Lipinski definition) is 2. The second kappa shape index (κ2) is 5.10. The van der Waals surface area contributed by atoms with Gasteiger partial charge in [0.1, 0.15) is 6.61 Å². The summed E-state index contributed by atoms with van der Waals surface area (Å²) in [6, 6.07) is 0.